The maximum atomic E-state index is 12.6. The Morgan fingerprint density at radius 3 is 2.55 bits per heavy atom. The van der Waals surface area contributed by atoms with Gasteiger partial charge in [0.2, 0.25) is 5.91 Å². The van der Waals surface area contributed by atoms with Crippen LogP contribution in [0, 0.1) is 6.92 Å². The smallest absolute Gasteiger partial charge is 0.227 e. The zero-order chi connectivity index (χ0) is 20.8. The molecule has 0 atom stereocenters. The first-order valence-corrected chi connectivity index (χ1v) is 10.3. The van der Waals surface area contributed by atoms with E-state index in [0.717, 1.165) is 42.8 Å². The molecule has 1 aliphatic heterocycles. The number of benzene rings is 1. The summed E-state index contributed by atoms with van der Waals surface area (Å²) in [5.41, 5.74) is 0.943. The SMILES string of the molecule is CCNC(=NCc1nnc(C)n1C)N1CCN(C(=O)Cc2cccc(Cl)c2)CC1. The number of piperazine rings is 1. The summed E-state index contributed by atoms with van der Waals surface area (Å²) < 4.78 is 1.94. The molecule has 0 bridgehead atoms. The second-order valence-electron chi connectivity index (χ2n) is 7.07. The zero-order valence-electron chi connectivity index (χ0n) is 17.2. The van der Waals surface area contributed by atoms with Crippen LogP contribution >= 0.6 is 11.6 Å². The summed E-state index contributed by atoms with van der Waals surface area (Å²) in [4.78, 5) is 21.5. The quantitative estimate of drug-likeness (QED) is 0.591. The highest BCUT2D eigenvalue weighted by molar-refractivity contribution is 6.30. The third-order valence-corrected chi connectivity index (χ3v) is 5.30. The highest BCUT2D eigenvalue weighted by Gasteiger charge is 2.23. The highest BCUT2D eigenvalue weighted by Crippen LogP contribution is 2.13. The highest BCUT2D eigenvalue weighted by atomic mass is 35.5. The second kappa shape index (κ2) is 9.73. The van der Waals surface area contributed by atoms with E-state index in [0.29, 0.717) is 31.1 Å². The third kappa shape index (κ3) is 5.47. The van der Waals surface area contributed by atoms with Gasteiger partial charge in [-0.05, 0) is 31.5 Å². The minimum absolute atomic E-state index is 0.128. The van der Waals surface area contributed by atoms with Crippen LogP contribution in [0.2, 0.25) is 5.02 Å². The fraction of sp³-hybridized carbons (Fsp3) is 0.500. The molecule has 29 heavy (non-hydrogen) atoms. The predicted octanol–water partition coefficient (Wildman–Crippen LogP) is 1.63. The molecule has 1 N–H and O–H groups in total. The number of aryl methyl sites for hydroxylation is 1. The van der Waals surface area contributed by atoms with E-state index in [1.807, 2.05) is 54.6 Å². The van der Waals surface area contributed by atoms with Crippen LogP contribution in [-0.2, 0) is 24.8 Å². The van der Waals surface area contributed by atoms with Crippen LogP contribution < -0.4 is 5.32 Å². The molecule has 1 amide bonds. The maximum Gasteiger partial charge on any atom is 0.227 e. The molecule has 1 saturated heterocycles. The van der Waals surface area contributed by atoms with Gasteiger partial charge in [-0.25, -0.2) is 4.99 Å². The molecule has 8 nitrogen and oxygen atoms in total. The van der Waals surface area contributed by atoms with Crippen LogP contribution in [0.1, 0.15) is 24.1 Å². The summed E-state index contributed by atoms with van der Waals surface area (Å²) in [6.07, 6.45) is 0.375. The van der Waals surface area contributed by atoms with Crippen molar-refractivity contribution < 1.29 is 4.79 Å². The van der Waals surface area contributed by atoms with Gasteiger partial charge >= 0.3 is 0 Å². The van der Waals surface area contributed by atoms with E-state index in [1.54, 1.807) is 0 Å². The van der Waals surface area contributed by atoms with Gasteiger partial charge in [-0.3, -0.25) is 4.79 Å². The summed E-state index contributed by atoms with van der Waals surface area (Å²) in [6.45, 7) is 8.05. The van der Waals surface area contributed by atoms with Gasteiger partial charge < -0.3 is 19.7 Å². The van der Waals surface area contributed by atoms with Crippen LogP contribution in [-0.4, -0.2) is 69.2 Å². The van der Waals surface area contributed by atoms with Crippen LogP contribution in [0.25, 0.3) is 0 Å². The van der Waals surface area contributed by atoms with Crippen LogP contribution in [0.4, 0.5) is 0 Å². The van der Waals surface area contributed by atoms with Crippen LogP contribution in [0.15, 0.2) is 29.3 Å². The molecular weight excluding hydrogens is 390 g/mol. The second-order valence-corrected chi connectivity index (χ2v) is 7.50. The number of guanidine groups is 1. The number of hydrogen-bond donors (Lipinski definition) is 1. The van der Waals surface area contributed by atoms with E-state index in [-0.39, 0.29) is 5.91 Å². The predicted molar refractivity (Wildman–Crippen MR) is 114 cm³/mol. The van der Waals surface area contributed by atoms with Gasteiger partial charge in [0.15, 0.2) is 11.8 Å². The van der Waals surface area contributed by atoms with Crippen molar-refractivity contribution in [1.29, 1.82) is 0 Å². The lowest BCUT2D eigenvalue weighted by atomic mass is 10.1. The average molecular weight is 418 g/mol. The van der Waals surface area contributed by atoms with Crippen molar-refractivity contribution in [3.63, 3.8) is 0 Å². The summed E-state index contributed by atoms with van der Waals surface area (Å²) in [6, 6.07) is 7.48. The lowest BCUT2D eigenvalue weighted by Gasteiger charge is -2.36. The van der Waals surface area contributed by atoms with Gasteiger partial charge in [0, 0.05) is 44.8 Å². The molecule has 0 radical (unpaired) electrons. The minimum atomic E-state index is 0.128. The van der Waals surface area contributed by atoms with E-state index in [9.17, 15) is 4.79 Å². The molecular formula is C20H28ClN7O. The van der Waals surface area contributed by atoms with E-state index >= 15 is 0 Å². The third-order valence-electron chi connectivity index (χ3n) is 5.06. The largest absolute Gasteiger partial charge is 0.357 e. The van der Waals surface area contributed by atoms with Gasteiger partial charge in [-0.1, -0.05) is 23.7 Å². The monoisotopic (exact) mass is 417 g/mol. The number of carbonyl (C=O) groups excluding carboxylic acids is 1. The van der Waals surface area contributed by atoms with Crippen LogP contribution in [0.3, 0.4) is 0 Å². The summed E-state index contributed by atoms with van der Waals surface area (Å²) in [5.74, 6) is 2.67. The first-order valence-electron chi connectivity index (χ1n) is 9.88. The molecule has 156 valence electrons. The average Bonchev–Trinajstić information content (AvgIpc) is 3.03. The molecule has 0 aliphatic carbocycles. The molecule has 1 fully saturated rings. The summed E-state index contributed by atoms with van der Waals surface area (Å²) in [7, 11) is 1.94. The van der Waals surface area contributed by atoms with E-state index in [4.69, 9.17) is 16.6 Å². The van der Waals surface area contributed by atoms with Crippen LogP contribution in [0.5, 0.6) is 0 Å². The molecule has 0 saturated carbocycles. The molecule has 2 heterocycles. The first kappa shape index (κ1) is 21.1. The number of nitrogens with zero attached hydrogens (tertiary/aromatic N) is 6. The van der Waals surface area contributed by atoms with Gasteiger partial charge in [-0.15, -0.1) is 10.2 Å². The van der Waals surface area contributed by atoms with Crippen molar-refractivity contribution in [3.8, 4) is 0 Å². The van der Waals surface area contributed by atoms with E-state index < -0.39 is 0 Å². The fourth-order valence-electron chi connectivity index (χ4n) is 3.26. The van der Waals surface area contributed by atoms with Crippen molar-refractivity contribution in [3.05, 3.63) is 46.5 Å². The molecule has 9 heteroatoms. The Bertz CT molecular complexity index is 871. The number of rotatable bonds is 5. The lowest BCUT2D eigenvalue weighted by molar-refractivity contribution is -0.131. The topological polar surface area (TPSA) is 78.7 Å². The van der Waals surface area contributed by atoms with Gasteiger partial charge in [-0.2, -0.15) is 0 Å². The molecule has 3 rings (SSSR count). The molecule has 0 unspecified atom stereocenters. The van der Waals surface area contributed by atoms with Crippen molar-refractivity contribution in [2.24, 2.45) is 12.0 Å². The molecule has 1 aromatic heterocycles. The van der Waals surface area contributed by atoms with E-state index in [1.165, 1.54) is 0 Å². The Labute approximate surface area is 176 Å². The standard InChI is InChI=1S/C20H28ClN7O/c1-4-22-20(23-14-18-25-24-15(2)26(18)3)28-10-8-27(9-11-28)19(29)13-16-6-5-7-17(21)12-16/h5-7,12H,4,8-11,13-14H2,1-3H3,(H,22,23). The van der Waals surface area contributed by atoms with Crippen molar-refractivity contribution in [2.45, 2.75) is 26.8 Å². The van der Waals surface area contributed by atoms with Gasteiger partial charge in [0.1, 0.15) is 12.4 Å². The zero-order valence-corrected chi connectivity index (χ0v) is 18.0. The summed E-state index contributed by atoms with van der Waals surface area (Å²) in [5, 5.41) is 12.2. The summed E-state index contributed by atoms with van der Waals surface area (Å²) >= 11 is 6.02. The lowest BCUT2D eigenvalue weighted by Crippen LogP contribution is -2.54. The Morgan fingerprint density at radius 2 is 1.93 bits per heavy atom. The number of carbonyl (C=O) groups is 1. The number of aliphatic imine (C=N–C) groups is 1. The molecule has 1 aromatic carbocycles. The Hall–Kier alpha value is -2.61. The van der Waals surface area contributed by atoms with Crippen molar-refractivity contribution in [2.75, 3.05) is 32.7 Å². The normalized spacial score (nSPS) is 15.0. The van der Waals surface area contributed by atoms with Crippen molar-refractivity contribution >= 4 is 23.5 Å². The Balaban J connectivity index is 1.57. The minimum Gasteiger partial charge on any atom is -0.357 e. The Kier molecular flexibility index (Phi) is 7.09. The number of amides is 1. The number of nitrogens with one attached hydrogen (secondary N) is 1. The number of hydrogen-bond acceptors (Lipinski definition) is 4. The maximum absolute atomic E-state index is 12.6. The number of halogens is 1. The molecule has 0 spiro atoms. The Morgan fingerprint density at radius 1 is 1.21 bits per heavy atom. The first-order chi connectivity index (χ1) is 14.0. The molecule has 1 aliphatic rings. The fourth-order valence-corrected chi connectivity index (χ4v) is 3.47. The van der Waals surface area contributed by atoms with Gasteiger partial charge in [0.25, 0.3) is 0 Å². The molecule has 2 aromatic rings. The van der Waals surface area contributed by atoms with Gasteiger partial charge in [0.05, 0.1) is 6.42 Å². The number of aromatic nitrogens is 3. The van der Waals surface area contributed by atoms with Crippen molar-refractivity contribution in [1.82, 2.24) is 29.9 Å². The van der Waals surface area contributed by atoms with E-state index in [2.05, 4.69) is 20.4 Å².